The lowest BCUT2D eigenvalue weighted by molar-refractivity contribution is 0.0740. The van der Waals surface area contributed by atoms with Crippen molar-refractivity contribution in [1.29, 1.82) is 5.26 Å². The summed E-state index contributed by atoms with van der Waals surface area (Å²) in [7, 11) is 0. The van der Waals surface area contributed by atoms with Gasteiger partial charge in [0.25, 0.3) is 0 Å². The predicted molar refractivity (Wildman–Crippen MR) is 92.0 cm³/mol. The molecular formula is C20H23N3. The molecule has 1 aliphatic carbocycles. The fraction of sp³-hybridized carbons (Fsp3) is 0.450. The Bertz CT molecular complexity index is 780. The molecule has 0 bridgehead atoms. The molecule has 0 radical (unpaired) electrons. The molecule has 3 nitrogen and oxygen atoms in total. The van der Waals surface area contributed by atoms with Crippen LogP contribution in [-0.2, 0) is 6.54 Å². The van der Waals surface area contributed by atoms with Crippen molar-refractivity contribution in [2.45, 2.75) is 38.6 Å². The van der Waals surface area contributed by atoms with Crippen LogP contribution in [0.4, 0.5) is 0 Å². The van der Waals surface area contributed by atoms with Gasteiger partial charge in [-0.05, 0) is 56.2 Å². The van der Waals surface area contributed by atoms with Gasteiger partial charge in [-0.1, -0.05) is 18.2 Å². The first-order chi connectivity index (χ1) is 11.3. The van der Waals surface area contributed by atoms with Gasteiger partial charge in [-0.3, -0.25) is 4.90 Å². The molecule has 0 unspecified atom stereocenters. The average molecular weight is 305 g/mol. The summed E-state index contributed by atoms with van der Waals surface area (Å²) in [4.78, 5) is 2.57. The Morgan fingerprint density at radius 1 is 1.22 bits per heavy atom. The van der Waals surface area contributed by atoms with Gasteiger partial charge in [0.2, 0.25) is 0 Å². The Morgan fingerprint density at radius 3 is 3.00 bits per heavy atom. The first kappa shape index (κ1) is 14.5. The SMILES string of the molecule is N#Cc1c(CN2CCC[C@@]3(CC=CCC3)C2)cn2ccccc12. The molecule has 1 spiro atoms. The standard InChI is InChI=1S/C20H23N3/c21-13-18-17(15-23-12-5-2-7-19(18)23)14-22-11-6-10-20(16-22)8-3-1-4-9-20/h1-3,5,7,12,15H,4,6,8-11,14,16H2/t20-/m0/s1. The van der Waals surface area contributed by atoms with Crippen molar-refractivity contribution < 1.29 is 0 Å². The summed E-state index contributed by atoms with van der Waals surface area (Å²) in [6.45, 7) is 3.23. The minimum atomic E-state index is 0.485. The molecule has 1 atom stereocenters. The third kappa shape index (κ3) is 2.68. The highest BCUT2D eigenvalue weighted by atomic mass is 15.1. The minimum Gasteiger partial charge on any atom is -0.322 e. The normalized spacial score (nSPS) is 25.0. The van der Waals surface area contributed by atoms with E-state index in [-0.39, 0.29) is 0 Å². The first-order valence-electron chi connectivity index (χ1n) is 8.66. The zero-order valence-corrected chi connectivity index (χ0v) is 13.5. The van der Waals surface area contributed by atoms with Gasteiger partial charge in [0.15, 0.2) is 0 Å². The van der Waals surface area contributed by atoms with E-state index in [1.54, 1.807) is 0 Å². The van der Waals surface area contributed by atoms with Crippen molar-refractivity contribution in [2.75, 3.05) is 13.1 Å². The van der Waals surface area contributed by atoms with Gasteiger partial charge in [-0.15, -0.1) is 0 Å². The maximum absolute atomic E-state index is 9.59. The zero-order valence-electron chi connectivity index (χ0n) is 13.5. The summed E-state index contributed by atoms with van der Waals surface area (Å²) < 4.78 is 2.08. The molecule has 3 heteroatoms. The second-order valence-electron chi connectivity index (χ2n) is 7.16. The van der Waals surface area contributed by atoms with Crippen LogP contribution in [-0.4, -0.2) is 22.4 Å². The van der Waals surface area contributed by atoms with E-state index in [9.17, 15) is 5.26 Å². The maximum atomic E-state index is 9.59. The minimum absolute atomic E-state index is 0.485. The van der Waals surface area contributed by atoms with Gasteiger partial charge in [0.05, 0.1) is 11.1 Å². The van der Waals surface area contributed by atoms with Crippen LogP contribution in [0.5, 0.6) is 0 Å². The smallest absolute Gasteiger partial charge is 0.102 e. The number of hydrogen-bond donors (Lipinski definition) is 0. The Balaban J connectivity index is 1.58. The van der Waals surface area contributed by atoms with Crippen molar-refractivity contribution in [2.24, 2.45) is 5.41 Å². The number of piperidine rings is 1. The lowest BCUT2D eigenvalue weighted by atomic mass is 9.71. The Labute approximate surface area is 137 Å². The Hall–Kier alpha value is -2.05. The number of nitrogens with zero attached hydrogens (tertiary/aromatic N) is 3. The van der Waals surface area contributed by atoms with Gasteiger partial charge >= 0.3 is 0 Å². The summed E-state index contributed by atoms with van der Waals surface area (Å²) >= 11 is 0. The van der Waals surface area contributed by atoms with Crippen molar-refractivity contribution in [1.82, 2.24) is 9.30 Å². The third-order valence-corrected chi connectivity index (χ3v) is 5.57. The number of rotatable bonds is 2. The second kappa shape index (κ2) is 5.86. The number of pyridine rings is 1. The third-order valence-electron chi connectivity index (χ3n) is 5.57. The van der Waals surface area contributed by atoms with Crippen LogP contribution in [0.1, 0.15) is 43.2 Å². The van der Waals surface area contributed by atoms with Crippen LogP contribution >= 0.6 is 0 Å². The summed E-state index contributed by atoms with van der Waals surface area (Å²) in [6.07, 6.45) is 15.3. The van der Waals surface area contributed by atoms with Crippen molar-refractivity contribution in [3.05, 3.63) is 53.9 Å². The van der Waals surface area contributed by atoms with E-state index in [4.69, 9.17) is 0 Å². The fourth-order valence-electron chi connectivity index (χ4n) is 4.43. The van der Waals surface area contributed by atoms with Gasteiger partial charge < -0.3 is 4.40 Å². The number of aromatic nitrogens is 1. The summed E-state index contributed by atoms with van der Waals surface area (Å²) in [5.41, 5.74) is 3.52. The molecule has 1 aliphatic heterocycles. The van der Waals surface area contributed by atoms with E-state index in [1.165, 1.54) is 44.2 Å². The van der Waals surface area contributed by atoms with E-state index in [0.29, 0.717) is 5.41 Å². The molecule has 1 saturated heterocycles. The van der Waals surface area contributed by atoms with Crippen molar-refractivity contribution in [3.63, 3.8) is 0 Å². The Morgan fingerprint density at radius 2 is 2.17 bits per heavy atom. The number of nitriles is 1. The average Bonchev–Trinajstić information content (AvgIpc) is 2.92. The lowest BCUT2D eigenvalue weighted by Crippen LogP contribution is -2.43. The topological polar surface area (TPSA) is 31.4 Å². The fourth-order valence-corrected chi connectivity index (χ4v) is 4.43. The van der Waals surface area contributed by atoms with E-state index < -0.39 is 0 Å². The van der Waals surface area contributed by atoms with Crippen LogP contribution in [0.3, 0.4) is 0 Å². The first-order valence-corrected chi connectivity index (χ1v) is 8.66. The Kier molecular flexibility index (Phi) is 3.71. The van der Waals surface area contributed by atoms with Gasteiger partial charge in [-0.25, -0.2) is 0 Å². The number of fused-ring (bicyclic) bond motifs is 1. The quantitative estimate of drug-likeness (QED) is 0.781. The van der Waals surface area contributed by atoms with Crippen LogP contribution in [0.25, 0.3) is 5.52 Å². The number of likely N-dealkylation sites (tertiary alicyclic amines) is 1. The highest BCUT2D eigenvalue weighted by Crippen LogP contribution is 2.41. The van der Waals surface area contributed by atoms with E-state index in [1.807, 2.05) is 24.4 Å². The molecule has 0 saturated carbocycles. The molecule has 2 aliphatic rings. The molecule has 0 N–H and O–H groups in total. The predicted octanol–water partition coefficient (Wildman–Crippen LogP) is 4.13. The largest absolute Gasteiger partial charge is 0.322 e. The molecule has 0 amide bonds. The van der Waals surface area contributed by atoms with Gasteiger partial charge in [0.1, 0.15) is 6.07 Å². The molecule has 4 rings (SSSR count). The van der Waals surface area contributed by atoms with Crippen molar-refractivity contribution >= 4 is 5.52 Å². The summed E-state index contributed by atoms with van der Waals surface area (Å²) in [5, 5.41) is 9.59. The molecule has 2 aromatic heterocycles. The maximum Gasteiger partial charge on any atom is 0.102 e. The molecular weight excluding hydrogens is 282 g/mol. The molecule has 2 aromatic rings. The lowest BCUT2D eigenvalue weighted by Gasteiger charge is -2.44. The van der Waals surface area contributed by atoms with Gasteiger partial charge in [0, 0.05) is 31.0 Å². The van der Waals surface area contributed by atoms with Crippen LogP contribution in [0, 0.1) is 16.7 Å². The van der Waals surface area contributed by atoms with E-state index in [2.05, 4.69) is 33.7 Å². The molecule has 23 heavy (non-hydrogen) atoms. The highest BCUT2D eigenvalue weighted by molar-refractivity contribution is 5.65. The summed E-state index contributed by atoms with van der Waals surface area (Å²) in [5.74, 6) is 0. The zero-order chi connectivity index (χ0) is 15.7. The van der Waals surface area contributed by atoms with Crippen LogP contribution in [0.15, 0.2) is 42.7 Å². The highest BCUT2D eigenvalue weighted by Gasteiger charge is 2.35. The van der Waals surface area contributed by atoms with E-state index in [0.717, 1.165) is 24.2 Å². The molecule has 118 valence electrons. The number of hydrogen-bond acceptors (Lipinski definition) is 2. The van der Waals surface area contributed by atoms with Crippen LogP contribution in [0.2, 0.25) is 0 Å². The second-order valence-corrected chi connectivity index (χ2v) is 7.16. The monoisotopic (exact) mass is 305 g/mol. The molecule has 3 heterocycles. The van der Waals surface area contributed by atoms with E-state index >= 15 is 0 Å². The van der Waals surface area contributed by atoms with Gasteiger partial charge in [-0.2, -0.15) is 5.26 Å². The molecule has 1 fully saturated rings. The number of allylic oxidation sites excluding steroid dienone is 2. The summed E-state index contributed by atoms with van der Waals surface area (Å²) in [6, 6.07) is 8.47. The van der Waals surface area contributed by atoms with Crippen LogP contribution < -0.4 is 0 Å². The van der Waals surface area contributed by atoms with Crippen molar-refractivity contribution in [3.8, 4) is 6.07 Å². The molecule has 0 aromatic carbocycles.